The van der Waals surface area contributed by atoms with Gasteiger partial charge in [-0.25, -0.2) is 4.39 Å². The highest BCUT2D eigenvalue weighted by Crippen LogP contribution is 2.28. The molecule has 128 valence electrons. The summed E-state index contributed by atoms with van der Waals surface area (Å²) in [6.07, 6.45) is 10.1. The molecule has 0 fully saturated rings. The molecule has 0 N–H and O–H groups in total. The van der Waals surface area contributed by atoms with Gasteiger partial charge in [-0.05, 0) is 48.0 Å². The molecule has 0 spiro atoms. The lowest BCUT2D eigenvalue weighted by Gasteiger charge is -2.20. The van der Waals surface area contributed by atoms with Crippen molar-refractivity contribution in [2.45, 2.75) is 60.8 Å². The minimum atomic E-state index is -0.116. The molecule has 1 aromatic carbocycles. The van der Waals surface area contributed by atoms with E-state index in [0.29, 0.717) is 0 Å². The van der Waals surface area contributed by atoms with E-state index in [2.05, 4.69) is 58.0 Å². The van der Waals surface area contributed by atoms with Crippen LogP contribution >= 0.6 is 0 Å². The maximum atomic E-state index is 12.9. The third-order valence-electron chi connectivity index (χ3n) is 3.41. The number of allylic oxidation sites excluding steroid dienone is 6. The summed E-state index contributed by atoms with van der Waals surface area (Å²) in [4.78, 5) is 0. The number of rotatable bonds is 1. The molecule has 1 aliphatic rings. The van der Waals surface area contributed by atoms with Crippen molar-refractivity contribution < 1.29 is 4.39 Å². The standard InChI is InChI=1S/C12H17F.C8H10.C2H6/c1-12(2,3)10-6-4-5-7-11(13)9-8-10;1-2-8-6-4-3-5-7-8;1-2/h6-9H,4-5H2,1-3H3;3-7H,2H2,1H3;1-2H3/b9-8-,10-6+,11-7?;;. The normalized spacial score (nSPS) is 17.7. The molecule has 1 heteroatoms. The van der Waals surface area contributed by atoms with Gasteiger partial charge in [0.05, 0.1) is 0 Å². The minimum absolute atomic E-state index is 0.116. The van der Waals surface area contributed by atoms with Gasteiger partial charge in [0.25, 0.3) is 0 Å². The largest absolute Gasteiger partial charge is 0.207 e. The molecule has 0 nitrogen and oxygen atoms in total. The summed E-state index contributed by atoms with van der Waals surface area (Å²) >= 11 is 0. The Bertz CT molecular complexity index is 499. The van der Waals surface area contributed by atoms with Crippen molar-refractivity contribution in [2.75, 3.05) is 0 Å². The lowest BCUT2D eigenvalue weighted by atomic mass is 9.85. The third kappa shape index (κ3) is 9.89. The van der Waals surface area contributed by atoms with Gasteiger partial charge in [-0.3, -0.25) is 0 Å². The molecule has 0 unspecified atom stereocenters. The maximum Gasteiger partial charge on any atom is 0.119 e. The Morgan fingerprint density at radius 3 is 1.96 bits per heavy atom. The van der Waals surface area contributed by atoms with Crippen LogP contribution in [0.2, 0.25) is 0 Å². The Morgan fingerprint density at radius 1 is 0.913 bits per heavy atom. The number of aryl methyl sites for hydroxylation is 1. The van der Waals surface area contributed by atoms with Gasteiger partial charge in [0.1, 0.15) is 5.83 Å². The minimum Gasteiger partial charge on any atom is -0.207 e. The summed E-state index contributed by atoms with van der Waals surface area (Å²) < 4.78 is 12.9. The Hall–Kier alpha value is -1.63. The van der Waals surface area contributed by atoms with Crippen LogP contribution in [-0.2, 0) is 6.42 Å². The van der Waals surface area contributed by atoms with Gasteiger partial charge >= 0.3 is 0 Å². The number of hydrogen-bond acceptors (Lipinski definition) is 0. The van der Waals surface area contributed by atoms with Crippen molar-refractivity contribution in [2.24, 2.45) is 5.41 Å². The highest BCUT2D eigenvalue weighted by molar-refractivity contribution is 5.30. The first-order chi connectivity index (χ1) is 10.9. The molecule has 1 aliphatic carbocycles. The van der Waals surface area contributed by atoms with Crippen LogP contribution in [0.3, 0.4) is 0 Å². The Balaban J connectivity index is 0.000000414. The summed E-state index contributed by atoms with van der Waals surface area (Å²) in [6, 6.07) is 10.5. The Kier molecular flexibility index (Phi) is 11.0. The van der Waals surface area contributed by atoms with Gasteiger partial charge in [-0.1, -0.05) is 84.0 Å². The van der Waals surface area contributed by atoms with E-state index in [-0.39, 0.29) is 11.2 Å². The fourth-order valence-electron chi connectivity index (χ4n) is 2.04. The summed E-state index contributed by atoms with van der Waals surface area (Å²) in [5.74, 6) is -0.116. The zero-order valence-electron chi connectivity index (χ0n) is 15.7. The average molecular weight is 317 g/mol. The van der Waals surface area contributed by atoms with Gasteiger partial charge in [-0.15, -0.1) is 0 Å². The first-order valence-corrected chi connectivity index (χ1v) is 8.71. The van der Waals surface area contributed by atoms with Crippen LogP contribution in [0.1, 0.15) is 59.9 Å². The van der Waals surface area contributed by atoms with Gasteiger partial charge in [0.2, 0.25) is 0 Å². The summed E-state index contributed by atoms with van der Waals surface area (Å²) in [5.41, 5.74) is 2.75. The van der Waals surface area contributed by atoms with Crippen molar-refractivity contribution in [3.63, 3.8) is 0 Å². The summed E-state index contributed by atoms with van der Waals surface area (Å²) in [6.45, 7) is 12.6. The second kappa shape index (κ2) is 11.9. The zero-order chi connectivity index (χ0) is 17.7. The number of hydrogen-bond donors (Lipinski definition) is 0. The molecule has 23 heavy (non-hydrogen) atoms. The average Bonchev–Trinajstić information content (AvgIpc) is 2.53. The molecule has 2 rings (SSSR count). The summed E-state index contributed by atoms with van der Waals surface area (Å²) in [5, 5.41) is 0. The molecule has 0 radical (unpaired) electrons. The third-order valence-corrected chi connectivity index (χ3v) is 3.41. The van der Waals surface area contributed by atoms with E-state index in [0.717, 1.165) is 19.3 Å². The molecular weight excluding hydrogens is 283 g/mol. The molecular formula is C22H33F. The second-order valence-corrected chi connectivity index (χ2v) is 6.25. The van der Waals surface area contributed by atoms with Crippen LogP contribution in [0, 0.1) is 5.41 Å². The van der Waals surface area contributed by atoms with Crippen molar-refractivity contribution >= 4 is 0 Å². The highest BCUT2D eigenvalue weighted by Gasteiger charge is 2.14. The van der Waals surface area contributed by atoms with E-state index in [1.54, 1.807) is 12.2 Å². The predicted octanol–water partition coefficient (Wildman–Crippen LogP) is 7.44. The van der Waals surface area contributed by atoms with Gasteiger partial charge in [-0.2, -0.15) is 0 Å². The van der Waals surface area contributed by atoms with Crippen molar-refractivity contribution in [1.82, 2.24) is 0 Å². The molecule has 0 atom stereocenters. The van der Waals surface area contributed by atoms with E-state index < -0.39 is 0 Å². The van der Waals surface area contributed by atoms with Crippen molar-refractivity contribution in [3.05, 3.63) is 71.6 Å². The Morgan fingerprint density at radius 2 is 1.48 bits per heavy atom. The van der Waals surface area contributed by atoms with E-state index in [1.807, 2.05) is 26.0 Å². The molecule has 0 heterocycles. The van der Waals surface area contributed by atoms with Crippen molar-refractivity contribution in [3.8, 4) is 0 Å². The molecule has 0 bridgehead atoms. The molecule has 0 saturated heterocycles. The van der Waals surface area contributed by atoms with E-state index >= 15 is 0 Å². The zero-order valence-corrected chi connectivity index (χ0v) is 15.7. The fourth-order valence-corrected chi connectivity index (χ4v) is 2.04. The Labute approximate surface area is 142 Å². The van der Waals surface area contributed by atoms with E-state index in [4.69, 9.17) is 0 Å². The highest BCUT2D eigenvalue weighted by atomic mass is 19.1. The van der Waals surface area contributed by atoms with Crippen LogP contribution in [0.4, 0.5) is 4.39 Å². The fraction of sp³-hybridized carbons (Fsp3) is 0.455. The molecule has 0 aromatic heterocycles. The van der Waals surface area contributed by atoms with Crippen LogP contribution in [-0.4, -0.2) is 0 Å². The van der Waals surface area contributed by atoms with Gasteiger partial charge in [0, 0.05) is 0 Å². The monoisotopic (exact) mass is 316 g/mol. The maximum absolute atomic E-state index is 12.9. The lowest BCUT2D eigenvalue weighted by Crippen LogP contribution is -2.07. The van der Waals surface area contributed by atoms with Crippen molar-refractivity contribution in [1.29, 1.82) is 0 Å². The first kappa shape index (κ1) is 21.4. The molecule has 0 saturated carbocycles. The SMILES string of the molecule is CC.CC(C)(C)C1=C/CCC=C(F)/C=C\1.CCc1ccccc1. The number of halogens is 1. The number of benzene rings is 1. The van der Waals surface area contributed by atoms with Gasteiger partial charge in [0.15, 0.2) is 0 Å². The lowest BCUT2D eigenvalue weighted by molar-refractivity contribution is 0.513. The van der Waals surface area contributed by atoms with Crippen LogP contribution in [0.25, 0.3) is 0 Å². The smallest absolute Gasteiger partial charge is 0.119 e. The van der Waals surface area contributed by atoms with Crippen LogP contribution < -0.4 is 0 Å². The second-order valence-electron chi connectivity index (χ2n) is 6.25. The summed E-state index contributed by atoms with van der Waals surface area (Å²) in [7, 11) is 0. The predicted molar refractivity (Wildman–Crippen MR) is 102 cm³/mol. The van der Waals surface area contributed by atoms with E-state index in [1.165, 1.54) is 11.1 Å². The molecule has 0 amide bonds. The van der Waals surface area contributed by atoms with E-state index in [9.17, 15) is 4.39 Å². The van der Waals surface area contributed by atoms with Crippen LogP contribution in [0.15, 0.2) is 66.0 Å². The molecule has 1 aromatic rings. The van der Waals surface area contributed by atoms with Gasteiger partial charge < -0.3 is 0 Å². The molecule has 0 aliphatic heterocycles. The quantitative estimate of drug-likeness (QED) is 0.505. The first-order valence-electron chi connectivity index (χ1n) is 8.71. The topological polar surface area (TPSA) is 0 Å². The van der Waals surface area contributed by atoms with Crippen LogP contribution in [0.5, 0.6) is 0 Å².